The molecule has 0 aliphatic heterocycles. The zero-order valence-corrected chi connectivity index (χ0v) is 9.03. The van der Waals surface area contributed by atoms with Gasteiger partial charge < -0.3 is 5.32 Å². The van der Waals surface area contributed by atoms with E-state index >= 15 is 0 Å². The molecule has 1 aliphatic rings. The molecule has 0 amide bonds. The topological polar surface area (TPSA) is 12.0 Å². The summed E-state index contributed by atoms with van der Waals surface area (Å²) in [7, 11) is 0. The standard InChI is InChI=1S/C11H18F3N/c1-2-7-15-10(8-11(12,13)14)9-5-3-4-6-9/h5,10,15H,2-4,6-8H2,1H3. The van der Waals surface area contributed by atoms with Gasteiger partial charge in [0.1, 0.15) is 0 Å². The lowest BCUT2D eigenvalue weighted by atomic mass is 10.0. The predicted octanol–water partition coefficient (Wildman–Crippen LogP) is 3.42. The van der Waals surface area contributed by atoms with Gasteiger partial charge in [0.25, 0.3) is 0 Å². The number of nitrogens with one attached hydrogen (secondary N) is 1. The molecule has 0 aromatic carbocycles. The zero-order chi connectivity index (χ0) is 11.3. The number of rotatable bonds is 5. The van der Waals surface area contributed by atoms with Crippen LogP contribution in [0.1, 0.15) is 39.0 Å². The summed E-state index contributed by atoms with van der Waals surface area (Å²) in [5.74, 6) is 0. The van der Waals surface area contributed by atoms with Crippen molar-refractivity contribution in [3.05, 3.63) is 11.6 Å². The number of hydrogen-bond acceptors (Lipinski definition) is 1. The van der Waals surface area contributed by atoms with Crippen LogP contribution in [0, 0.1) is 0 Å². The third-order valence-electron chi connectivity index (χ3n) is 2.60. The second kappa shape index (κ2) is 5.54. The molecule has 1 aliphatic carbocycles. The van der Waals surface area contributed by atoms with Crippen LogP contribution in [0.25, 0.3) is 0 Å². The minimum atomic E-state index is -4.07. The third-order valence-corrected chi connectivity index (χ3v) is 2.60. The molecule has 0 heterocycles. The van der Waals surface area contributed by atoms with Crippen molar-refractivity contribution in [2.75, 3.05) is 6.54 Å². The summed E-state index contributed by atoms with van der Waals surface area (Å²) >= 11 is 0. The Morgan fingerprint density at radius 3 is 2.67 bits per heavy atom. The van der Waals surface area contributed by atoms with Crippen molar-refractivity contribution in [1.82, 2.24) is 5.32 Å². The molecule has 0 saturated heterocycles. The fraction of sp³-hybridized carbons (Fsp3) is 0.818. The summed E-state index contributed by atoms with van der Waals surface area (Å²) < 4.78 is 37.0. The van der Waals surface area contributed by atoms with Gasteiger partial charge in [-0.3, -0.25) is 0 Å². The minimum absolute atomic E-state index is 0.493. The highest BCUT2D eigenvalue weighted by molar-refractivity contribution is 5.15. The van der Waals surface area contributed by atoms with E-state index in [2.05, 4.69) is 5.32 Å². The summed E-state index contributed by atoms with van der Waals surface area (Å²) in [6, 6.07) is -0.493. The van der Waals surface area contributed by atoms with E-state index in [-0.39, 0.29) is 0 Å². The fourth-order valence-corrected chi connectivity index (χ4v) is 1.90. The van der Waals surface area contributed by atoms with Crippen LogP contribution in [0.3, 0.4) is 0 Å². The maximum atomic E-state index is 12.3. The molecule has 4 heteroatoms. The number of hydrogen-bond donors (Lipinski definition) is 1. The Hall–Kier alpha value is -0.510. The lowest BCUT2D eigenvalue weighted by molar-refractivity contribution is -0.138. The summed E-state index contributed by atoms with van der Waals surface area (Å²) in [6.07, 6.45) is 0.751. The number of halogens is 3. The molecule has 0 spiro atoms. The van der Waals surface area contributed by atoms with Crippen molar-refractivity contribution < 1.29 is 13.2 Å². The number of allylic oxidation sites excluding steroid dienone is 1. The van der Waals surface area contributed by atoms with E-state index in [0.717, 1.165) is 31.3 Å². The van der Waals surface area contributed by atoms with Crippen LogP contribution in [0.15, 0.2) is 11.6 Å². The minimum Gasteiger partial charge on any atom is -0.310 e. The maximum Gasteiger partial charge on any atom is 0.390 e. The number of alkyl halides is 3. The highest BCUT2D eigenvalue weighted by atomic mass is 19.4. The highest BCUT2D eigenvalue weighted by Crippen LogP contribution is 2.29. The second-order valence-corrected chi connectivity index (χ2v) is 4.00. The fourth-order valence-electron chi connectivity index (χ4n) is 1.90. The van der Waals surface area contributed by atoms with Gasteiger partial charge in [0.05, 0.1) is 6.42 Å². The Labute approximate surface area is 88.7 Å². The monoisotopic (exact) mass is 221 g/mol. The summed E-state index contributed by atoms with van der Waals surface area (Å²) in [4.78, 5) is 0. The van der Waals surface area contributed by atoms with Crippen LogP contribution in [0.2, 0.25) is 0 Å². The molecule has 15 heavy (non-hydrogen) atoms. The van der Waals surface area contributed by atoms with Crippen molar-refractivity contribution in [2.24, 2.45) is 0 Å². The van der Waals surface area contributed by atoms with Crippen LogP contribution in [-0.2, 0) is 0 Å². The van der Waals surface area contributed by atoms with Crippen LogP contribution in [0.4, 0.5) is 13.2 Å². The van der Waals surface area contributed by atoms with Gasteiger partial charge in [-0.1, -0.05) is 18.6 Å². The van der Waals surface area contributed by atoms with E-state index in [4.69, 9.17) is 0 Å². The van der Waals surface area contributed by atoms with Gasteiger partial charge in [0, 0.05) is 6.04 Å². The molecule has 0 radical (unpaired) electrons. The molecule has 0 aromatic heterocycles. The Morgan fingerprint density at radius 2 is 2.20 bits per heavy atom. The van der Waals surface area contributed by atoms with Crippen molar-refractivity contribution in [3.63, 3.8) is 0 Å². The first-order valence-corrected chi connectivity index (χ1v) is 5.52. The van der Waals surface area contributed by atoms with Crippen molar-refractivity contribution in [3.8, 4) is 0 Å². The van der Waals surface area contributed by atoms with E-state index in [1.807, 2.05) is 13.0 Å². The molecular weight excluding hydrogens is 203 g/mol. The normalized spacial score (nSPS) is 19.1. The van der Waals surface area contributed by atoms with E-state index in [9.17, 15) is 13.2 Å². The third kappa shape index (κ3) is 4.69. The molecular formula is C11H18F3N. The van der Waals surface area contributed by atoms with Gasteiger partial charge >= 0.3 is 6.18 Å². The van der Waals surface area contributed by atoms with E-state index in [0.29, 0.717) is 6.54 Å². The molecule has 0 aromatic rings. The molecule has 1 rings (SSSR count). The molecule has 0 saturated carbocycles. The average Bonchev–Trinajstić information content (AvgIpc) is 2.63. The van der Waals surface area contributed by atoms with E-state index < -0.39 is 18.6 Å². The molecule has 1 unspecified atom stereocenters. The van der Waals surface area contributed by atoms with Crippen LogP contribution in [0.5, 0.6) is 0 Å². The Bertz CT molecular complexity index is 220. The van der Waals surface area contributed by atoms with Crippen molar-refractivity contribution in [1.29, 1.82) is 0 Å². The predicted molar refractivity (Wildman–Crippen MR) is 54.7 cm³/mol. The first-order chi connectivity index (χ1) is 7.03. The van der Waals surface area contributed by atoms with Crippen LogP contribution < -0.4 is 5.32 Å². The van der Waals surface area contributed by atoms with Gasteiger partial charge in [-0.15, -0.1) is 0 Å². The highest BCUT2D eigenvalue weighted by Gasteiger charge is 2.33. The molecule has 1 atom stereocenters. The van der Waals surface area contributed by atoms with Gasteiger partial charge in [0.15, 0.2) is 0 Å². The first-order valence-electron chi connectivity index (χ1n) is 5.52. The largest absolute Gasteiger partial charge is 0.390 e. The van der Waals surface area contributed by atoms with Gasteiger partial charge in [-0.2, -0.15) is 13.2 Å². The summed E-state index contributed by atoms with van der Waals surface area (Å²) in [5.41, 5.74) is 0.945. The van der Waals surface area contributed by atoms with Gasteiger partial charge in [-0.25, -0.2) is 0 Å². The summed E-state index contributed by atoms with van der Waals surface area (Å²) in [6.45, 7) is 2.61. The Balaban J connectivity index is 2.52. The lowest BCUT2D eigenvalue weighted by Crippen LogP contribution is -2.35. The van der Waals surface area contributed by atoms with Crippen LogP contribution >= 0.6 is 0 Å². The van der Waals surface area contributed by atoms with Gasteiger partial charge in [-0.05, 0) is 32.2 Å². The average molecular weight is 221 g/mol. The smallest absolute Gasteiger partial charge is 0.310 e. The van der Waals surface area contributed by atoms with E-state index in [1.165, 1.54) is 0 Å². The molecule has 1 N–H and O–H groups in total. The molecule has 88 valence electrons. The Kier molecular flexibility index (Phi) is 4.64. The first kappa shape index (κ1) is 12.6. The van der Waals surface area contributed by atoms with Crippen LogP contribution in [-0.4, -0.2) is 18.8 Å². The second-order valence-electron chi connectivity index (χ2n) is 4.00. The Morgan fingerprint density at radius 1 is 1.47 bits per heavy atom. The lowest BCUT2D eigenvalue weighted by Gasteiger charge is -2.21. The zero-order valence-electron chi connectivity index (χ0n) is 9.03. The summed E-state index contributed by atoms with van der Waals surface area (Å²) in [5, 5.41) is 2.98. The maximum absolute atomic E-state index is 12.3. The van der Waals surface area contributed by atoms with Gasteiger partial charge in [0.2, 0.25) is 0 Å². The molecule has 1 nitrogen and oxygen atoms in total. The molecule has 0 fully saturated rings. The quantitative estimate of drug-likeness (QED) is 0.701. The van der Waals surface area contributed by atoms with Crippen molar-refractivity contribution in [2.45, 2.75) is 51.2 Å². The SMILES string of the molecule is CCCNC(CC(F)(F)F)C1=CCCC1. The van der Waals surface area contributed by atoms with Crippen molar-refractivity contribution >= 4 is 0 Å². The molecule has 0 bridgehead atoms. The van der Waals surface area contributed by atoms with E-state index in [1.54, 1.807) is 0 Å².